The van der Waals surface area contributed by atoms with E-state index in [-0.39, 0.29) is 5.91 Å². The number of rotatable bonds is 3. The van der Waals surface area contributed by atoms with Crippen LogP contribution < -0.4 is 5.32 Å². The molecule has 19 heavy (non-hydrogen) atoms. The Hall–Kier alpha value is -1.85. The van der Waals surface area contributed by atoms with Crippen LogP contribution in [0.5, 0.6) is 0 Å². The molecule has 6 nitrogen and oxygen atoms in total. The topological polar surface area (TPSA) is 95.1 Å². The third-order valence-corrected chi connectivity index (χ3v) is 3.80. The zero-order valence-electron chi connectivity index (χ0n) is 11.2. The summed E-state index contributed by atoms with van der Waals surface area (Å²) in [5.74, 6) is -2.10. The second-order valence-electron chi connectivity index (χ2n) is 5.13. The molecule has 104 valence electrons. The van der Waals surface area contributed by atoms with Crippen LogP contribution in [0, 0.1) is 25.7 Å². The van der Waals surface area contributed by atoms with E-state index in [1.54, 1.807) is 6.92 Å². The monoisotopic (exact) mass is 265 g/mol. The molecular formula is C13H19N3O3. The standard InChI is InChI=1S/C13H19N3O3/c1-7-11(8(2)16-15-7)14-12(17)9-5-3-4-6-10(9)13(18)19/h9-10H,3-6H2,1-2H3,(H,14,17)(H,15,16)(H,18,19)/t9-,10+/m1/s1. The lowest BCUT2D eigenvalue weighted by atomic mass is 9.78. The lowest BCUT2D eigenvalue weighted by molar-refractivity contribution is -0.147. The minimum absolute atomic E-state index is 0.209. The maximum absolute atomic E-state index is 12.3. The number of carboxylic acids is 1. The number of carboxylic acid groups (broad SMARTS) is 1. The van der Waals surface area contributed by atoms with Gasteiger partial charge in [-0.05, 0) is 26.7 Å². The Morgan fingerprint density at radius 3 is 2.42 bits per heavy atom. The molecule has 0 unspecified atom stereocenters. The molecule has 2 rings (SSSR count). The van der Waals surface area contributed by atoms with Gasteiger partial charge in [0.25, 0.3) is 0 Å². The van der Waals surface area contributed by atoms with E-state index in [1.165, 1.54) is 0 Å². The van der Waals surface area contributed by atoms with Crippen molar-refractivity contribution in [2.24, 2.45) is 11.8 Å². The average molecular weight is 265 g/mol. The van der Waals surface area contributed by atoms with Crippen LogP contribution in [0.3, 0.4) is 0 Å². The molecule has 1 aliphatic carbocycles. The van der Waals surface area contributed by atoms with Gasteiger partial charge in [0.2, 0.25) is 5.91 Å². The molecule has 0 aromatic carbocycles. The minimum Gasteiger partial charge on any atom is -0.481 e. The summed E-state index contributed by atoms with van der Waals surface area (Å²) in [6.45, 7) is 3.62. The van der Waals surface area contributed by atoms with Gasteiger partial charge < -0.3 is 10.4 Å². The number of aliphatic carboxylic acids is 1. The van der Waals surface area contributed by atoms with E-state index in [9.17, 15) is 14.7 Å². The summed E-state index contributed by atoms with van der Waals surface area (Å²) in [5, 5.41) is 18.8. The fraction of sp³-hybridized carbons (Fsp3) is 0.615. The summed E-state index contributed by atoms with van der Waals surface area (Å²) in [7, 11) is 0. The summed E-state index contributed by atoms with van der Waals surface area (Å²) < 4.78 is 0. The Kier molecular flexibility index (Phi) is 3.87. The number of carbonyl (C=O) groups excluding carboxylic acids is 1. The smallest absolute Gasteiger partial charge is 0.307 e. The van der Waals surface area contributed by atoms with Gasteiger partial charge in [0, 0.05) is 0 Å². The maximum atomic E-state index is 12.3. The number of carbonyl (C=O) groups is 2. The van der Waals surface area contributed by atoms with Crippen molar-refractivity contribution in [2.45, 2.75) is 39.5 Å². The van der Waals surface area contributed by atoms with Gasteiger partial charge in [-0.15, -0.1) is 0 Å². The average Bonchev–Trinajstić information content (AvgIpc) is 2.70. The van der Waals surface area contributed by atoms with E-state index < -0.39 is 17.8 Å². The first-order valence-corrected chi connectivity index (χ1v) is 6.56. The summed E-state index contributed by atoms with van der Waals surface area (Å²) in [6, 6.07) is 0. The molecule has 0 bridgehead atoms. The van der Waals surface area contributed by atoms with Crippen molar-refractivity contribution in [3.05, 3.63) is 11.4 Å². The van der Waals surface area contributed by atoms with Crippen molar-refractivity contribution in [1.82, 2.24) is 10.2 Å². The summed E-state index contributed by atoms with van der Waals surface area (Å²) >= 11 is 0. The summed E-state index contributed by atoms with van der Waals surface area (Å²) in [5.41, 5.74) is 2.17. The highest BCUT2D eigenvalue weighted by Crippen LogP contribution is 2.31. The number of aromatic nitrogens is 2. The molecule has 1 aromatic rings. The number of anilines is 1. The first-order chi connectivity index (χ1) is 9.00. The third-order valence-electron chi connectivity index (χ3n) is 3.80. The Balaban J connectivity index is 2.12. The van der Waals surface area contributed by atoms with Gasteiger partial charge in [0.05, 0.1) is 28.9 Å². The van der Waals surface area contributed by atoms with Gasteiger partial charge in [-0.1, -0.05) is 12.8 Å². The van der Waals surface area contributed by atoms with E-state index in [2.05, 4.69) is 15.5 Å². The highest BCUT2D eigenvalue weighted by Gasteiger charge is 2.36. The summed E-state index contributed by atoms with van der Waals surface area (Å²) in [4.78, 5) is 23.5. The Morgan fingerprint density at radius 2 is 1.89 bits per heavy atom. The van der Waals surface area contributed by atoms with Crippen LogP contribution in [0.2, 0.25) is 0 Å². The number of nitrogens with one attached hydrogen (secondary N) is 2. The van der Waals surface area contributed by atoms with Gasteiger partial charge in [0.1, 0.15) is 0 Å². The van der Waals surface area contributed by atoms with E-state index >= 15 is 0 Å². The van der Waals surface area contributed by atoms with Gasteiger partial charge in [0.15, 0.2) is 0 Å². The van der Waals surface area contributed by atoms with E-state index in [1.807, 2.05) is 6.92 Å². The lowest BCUT2D eigenvalue weighted by Gasteiger charge is -2.27. The second kappa shape index (κ2) is 5.42. The Labute approximate surface area is 111 Å². The Morgan fingerprint density at radius 1 is 1.26 bits per heavy atom. The molecule has 0 saturated heterocycles. The molecular weight excluding hydrogens is 246 g/mol. The zero-order chi connectivity index (χ0) is 14.0. The SMILES string of the molecule is Cc1n[nH]c(C)c1NC(=O)[C@@H]1CCCC[C@@H]1C(=O)O. The number of hydrogen-bond donors (Lipinski definition) is 3. The normalized spacial score (nSPS) is 23.1. The van der Waals surface area contributed by atoms with Crippen LogP contribution in [0.15, 0.2) is 0 Å². The molecule has 0 radical (unpaired) electrons. The van der Waals surface area contributed by atoms with E-state index in [4.69, 9.17) is 0 Å². The lowest BCUT2D eigenvalue weighted by Crippen LogP contribution is -2.36. The van der Waals surface area contributed by atoms with Crippen molar-refractivity contribution < 1.29 is 14.7 Å². The fourth-order valence-corrected chi connectivity index (χ4v) is 2.69. The van der Waals surface area contributed by atoms with Crippen LogP contribution in [-0.4, -0.2) is 27.2 Å². The fourth-order valence-electron chi connectivity index (χ4n) is 2.69. The zero-order valence-corrected chi connectivity index (χ0v) is 11.2. The van der Waals surface area contributed by atoms with Crippen LogP contribution in [0.4, 0.5) is 5.69 Å². The van der Waals surface area contributed by atoms with Crippen LogP contribution >= 0.6 is 0 Å². The van der Waals surface area contributed by atoms with Crippen molar-refractivity contribution in [3.8, 4) is 0 Å². The molecule has 0 aliphatic heterocycles. The van der Waals surface area contributed by atoms with Crippen LogP contribution in [-0.2, 0) is 9.59 Å². The van der Waals surface area contributed by atoms with Crippen molar-refractivity contribution in [3.63, 3.8) is 0 Å². The second-order valence-corrected chi connectivity index (χ2v) is 5.13. The van der Waals surface area contributed by atoms with E-state index in [0.29, 0.717) is 24.2 Å². The van der Waals surface area contributed by atoms with Crippen LogP contribution in [0.1, 0.15) is 37.1 Å². The molecule has 1 aliphatic rings. The molecule has 3 N–H and O–H groups in total. The van der Waals surface area contributed by atoms with Gasteiger partial charge in [-0.25, -0.2) is 0 Å². The van der Waals surface area contributed by atoms with Gasteiger partial charge >= 0.3 is 5.97 Å². The molecule has 0 spiro atoms. The first kappa shape index (κ1) is 13.6. The highest BCUT2D eigenvalue weighted by atomic mass is 16.4. The van der Waals surface area contributed by atoms with Crippen LogP contribution in [0.25, 0.3) is 0 Å². The summed E-state index contributed by atoms with van der Waals surface area (Å²) in [6.07, 6.45) is 3.01. The molecule has 6 heteroatoms. The number of nitrogens with zero attached hydrogens (tertiary/aromatic N) is 1. The minimum atomic E-state index is -0.875. The van der Waals surface area contributed by atoms with Crippen molar-refractivity contribution >= 4 is 17.6 Å². The number of aromatic amines is 1. The quantitative estimate of drug-likeness (QED) is 0.777. The van der Waals surface area contributed by atoms with Gasteiger partial charge in [-0.2, -0.15) is 5.10 Å². The van der Waals surface area contributed by atoms with E-state index in [0.717, 1.165) is 18.5 Å². The number of amides is 1. The predicted octanol–water partition coefficient (Wildman–Crippen LogP) is 1.86. The van der Waals surface area contributed by atoms with Gasteiger partial charge in [-0.3, -0.25) is 14.7 Å². The maximum Gasteiger partial charge on any atom is 0.307 e. The molecule has 1 amide bonds. The number of aryl methyl sites for hydroxylation is 2. The highest BCUT2D eigenvalue weighted by molar-refractivity contribution is 5.96. The van der Waals surface area contributed by atoms with Crippen molar-refractivity contribution in [1.29, 1.82) is 0 Å². The Bertz CT molecular complexity index is 476. The molecule has 2 atom stereocenters. The first-order valence-electron chi connectivity index (χ1n) is 6.56. The third kappa shape index (κ3) is 2.77. The molecule has 1 heterocycles. The molecule has 1 fully saturated rings. The predicted molar refractivity (Wildman–Crippen MR) is 69.8 cm³/mol. The van der Waals surface area contributed by atoms with Crippen molar-refractivity contribution in [2.75, 3.05) is 5.32 Å². The number of hydrogen-bond acceptors (Lipinski definition) is 3. The molecule has 1 saturated carbocycles. The molecule has 1 aromatic heterocycles. The largest absolute Gasteiger partial charge is 0.481 e. The number of H-pyrrole nitrogens is 1.